The van der Waals surface area contributed by atoms with E-state index in [1.807, 2.05) is 0 Å². The van der Waals surface area contributed by atoms with E-state index in [-0.39, 0.29) is 23.6 Å². The van der Waals surface area contributed by atoms with Gasteiger partial charge in [0.1, 0.15) is 6.04 Å². The molecule has 1 aliphatic heterocycles. The number of amides is 1. The Kier molecular flexibility index (Phi) is 2.65. The molecule has 1 amide bonds. The lowest BCUT2D eigenvalue weighted by atomic mass is 9.94. The zero-order valence-corrected chi connectivity index (χ0v) is 10.2. The maximum atomic E-state index is 12.3. The molecule has 102 valence electrons. The molecule has 1 saturated heterocycles. The van der Waals surface area contributed by atoms with Crippen LogP contribution in [0.25, 0.3) is 0 Å². The van der Waals surface area contributed by atoms with E-state index in [9.17, 15) is 14.7 Å². The fourth-order valence-electron chi connectivity index (χ4n) is 3.34. The van der Waals surface area contributed by atoms with E-state index in [0.717, 1.165) is 19.3 Å². The molecule has 0 radical (unpaired) electrons. The number of anilines is 1. The van der Waals surface area contributed by atoms with Crippen molar-refractivity contribution in [3.63, 3.8) is 0 Å². The lowest BCUT2D eigenvalue weighted by Crippen LogP contribution is -2.43. The average Bonchev–Trinajstić information content (AvgIpc) is 3.00. The van der Waals surface area contributed by atoms with Crippen LogP contribution in [0.4, 0.5) is 5.95 Å². The molecule has 3 atom stereocenters. The Morgan fingerprint density at radius 3 is 2.84 bits per heavy atom. The van der Waals surface area contributed by atoms with E-state index in [1.54, 1.807) is 0 Å². The van der Waals surface area contributed by atoms with E-state index < -0.39 is 17.9 Å². The number of carboxylic acids is 1. The van der Waals surface area contributed by atoms with Crippen molar-refractivity contribution in [2.75, 3.05) is 12.3 Å². The molecule has 2 heterocycles. The first kappa shape index (κ1) is 11.9. The zero-order valence-electron chi connectivity index (χ0n) is 10.2. The van der Waals surface area contributed by atoms with Gasteiger partial charge in [-0.3, -0.25) is 9.89 Å². The molecule has 3 unspecified atom stereocenters. The van der Waals surface area contributed by atoms with E-state index in [4.69, 9.17) is 5.73 Å². The number of carbonyl (C=O) groups excluding carboxylic acids is 1. The quantitative estimate of drug-likeness (QED) is 0.674. The van der Waals surface area contributed by atoms with Gasteiger partial charge in [0.2, 0.25) is 11.8 Å². The second-order valence-corrected chi connectivity index (χ2v) is 5.14. The fourth-order valence-corrected chi connectivity index (χ4v) is 3.34. The number of carbonyl (C=O) groups is 2. The van der Waals surface area contributed by atoms with Gasteiger partial charge in [0, 0.05) is 6.54 Å². The molecule has 1 saturated carbocycles. The highest BCUT2D eigenvalue weighted by atomic mass is 16.4. The number of nitrogens with one attached hydrogen (secondary N) is 1. The predicted molar refractivity (Wildman–Crippen MR) is 64.1 cm³/mol. The third-order valence-electron chi connectivity index (χ3n) is 4.11. The number of likely N-dealkylation sites (tertiary alicyclic amines) is 1. The van der Waals surface area contributed by atoms with E-state index in [0.29, 0.717) is 6.54 Å². The van der Waals surface area contributed by atoms with E-state index in [1.165, 1.54) is 4.90 Å². The Labute approximate surface area is 109 Å². The molecular formula is C11H15N5O3. The van der Waals surface area contributed by atoms with E-state index >= 15 is 0 Å². The molecule has 3 rings (SSSR count). The van der Waals surface area contributed by atoms with Crippen LogP contribution < -0.4 is 5.73 Å². The van der Waals surface area contributed by atoms with Gasteiger partial charge < -0.3 is 15.7 Å². The molecule has 4 N–H and O–H groups in total. The minimum Gasteiger partial charge on any atom is -0.480 e. The van der Waals surface area contributed by atoms with Crippen LogP contribution >= 0.6 is 0 Å². The van der Waals surface area contributed by atoms with Gasteiger partial charge in [0.15, 0.2) is 0 Å². The number of H-pyrrole nitrogens is 1. The number of nitrogens with zero attached hydrogens (tertiary/aromatic N) is 3. The van der Waals surface area contributed by atoms with Crippen molar-refractivity contribution in [1.29, 1.82) is 0 Å². The van der Waals surface area contributed by atoms with Gasteiger partial charge >= 0.3 is 5.97 Å². The first-order valence-corrected chi connectivity index (χ1v) is 6.29. The van der Waals surface area contributed by atoms with Crippen LogP contribution in [0.5, 0.6) is 0 Å². The second kappa shape index (κ2) is 4.22. The lowest BCUT2D eigenvalue weighted by molar-refractivity contribution is -0.142. The van der Waals surface area contributed by atoms with Gasteiger partial charge in [0.05, 0.1) is 0 Å². The minimum atomic E-state index is -0.949. The summed E-state index contributed by atoms with van der Waals surface area (Å²) in [5.74, 6) is -1.06. The number of fused-ring (bicyclic) bond motifs is 1. The van der Waals surface area contributed by atoms with Crippen LogP contribution in [-0.2, 0) is 4.79 Å². The average molecular weight is 265 g/mol. The summed E-state index contributed by atoms with van der Waals surface area (Å²) in [5, 5.41) is 15.4. The predicted octanol–water partition coefficient (Wildman–Crippen LogP) is -0.288. The molecule has 19 heavy (non-hydrogen) atoms. The summed E-state index contributed by atoms with van der Waals surface area (Å²) >= 11 is 0. The molecule has 1 aromatic rings. The van der Waals surface area contributed by atoms with Crippen molar-refractivity contribution in [1.82, 2.24) is 20.1 Å². The van der Waals surface area contributed by atoms with E-state index in [2.05, 4.69) is 15.2 Å². The molecule has 8 nitrogen and oxygen atoms in total. The second-order valence-electron chi connectivity index (χ2n) is 5.14. The number of nitrogen functional groups attached to an aromatic ring is 1. The highest BCUT2D eigenvalue weighted by Gasteiger charge is 2.50. The number of hydrogen-bond acceptors (Lipinski definition) is 5. The van der Waals surface area contributed by atoms with Gasteiger partial charge in [0.25, 0.3) is 5.91 Å². The van der Waals surface area contributed by atoms with Gasteiger partial charge in [-0.15, -0.1) is 5.10 Å². The number of aromatic amines is 1. The summed E-state index contributed by atoms with van der Waals surface area (Å²) in [4.78, 5) is 28.9. The van der Waals surface area contributed by atoms with Crippen LogP contribution in [0.15, 0.2) is 0 Å². The Hall–Kier alpha value is -2.12. The maximum absolute atomic E-state index is 12.3. The number of carboxylic acid groups (broad SMARTS) is 1. The van der Waals surface area contributed by atoms with Crippen molar-refractivity contribution in [2.24, 2.45) is 11.8 Å². The van der Waals surface area contributed by atoms with Gasteiger partial charge in [-0.2, -0.15) is 4.98 Å². The van der Waals surface area contributed by atoms with Crippen LogP contribution in [0.3, 0.4) is 0 Å². The van der Waals surface area contributed by atoms with Crippen molar-refractivity contribution >= 4 is 17.8 Å². The molecule has 0 aromatic carbocycles. The van der Waals surface area contributed by atoms with Crippen molar-refractivity contribution < 1.29 is 14.7 Å². The Morgan fingerprint density at radius 1 is 1.42 bits per heavy atom. The standard InChI is InChI=1S/C11H15N5O3/c12-11-13-8(14-15-11)9(17)16-4-5-2-1-3-6(5)7(16)10(18)19/h5-7H,1-4H2,(H,18,19)(H3,12,13,14,15). The molecule has 1 aliphatic carbocycles. The normalized spacial score (nSPS) is 29.5. The SMILES string of the molecule is Nc1n[nH]c(C(=O)N2CC3CCCC3C2C(=O)O)n1. The molecule has 8 heteroatoms. The first-order chi connectivity index (χ1) is 9.08. The monoisotopic (exact) mass is 265 g/mol. The molecule has 2 fully saturated rings. The molecule has 2 aliphatic rings. The minimum absolute atomic E-state index is 0.00345. The third-order valence-corrected chi connectivity index (χ3v) is 4.11. The number of aromatic nitrogens is 3. The van der Waals surface area contributed by atoms with Crippen molar-refractivity contribution in [2.45, 2.75) is 25.3 Å². The molecule has 0 spiro atoms. The Morgan fingerprint density at radius 2 is 2.21 bits per heavy atom. The first-order valence-electron chi connectivity index (χ1n) is 6.29. The Bertz CT molecular complexity index is 528. The number of rotatable bonds is 2. The van der Waals surface area contributed by atoms with Crippen molar-refractivity contribution in [3.05, 3.63) is 5.82 Å². The van der Waals surface area contributed by atoms with Crippen LogP contribution in [0, 0.1) is 11.8 Å². The Balaban J connectivity index is 1.87. The lowest BCUT2D eigenvalue weighted by Gasteiger charge is -2.23. The van der Waals surface area contributed by atoms with Crippen LogP contribution in [0.2, 0.25) is 0 Å². The summed E-state index contributed by atoms with van der Waals surface area (Å²) in [6, 6.07) is -0.758. The van der Waals surface area contributed by atoms with Crippen LogP contribution in [0.1, 0.15) is 29.9 Å². The van der Waals surface area contributed by atoms with Gasteiger partial charge in [-0.25, -0.2) is 4.79 Å². The largest absolute Gasteiger partial charge is 0.480 e. The number of hydrogen-bond donors (Lipinski definition) is 3. The van der Waals surface area contributed by atoms with Gasteiger partial charge in [-0.1, -0.05) is 6.42 Å². The highest BCUT2D eigenvalue weighted by molar-refractivity contribution is 5.94. The van der Waals surface area contributed by atoms with Crippen molar-refractivity contribution in [3.8, 4) is 0 Å². The summed E-state index contributed by atoms with van der Waals surface area (Å²) < 4.78 is 0. The topological polar surface area (TPSA) is 125 Å². The molecule has 0 bridgehead atoms. The summed E-state index contributed by atoms with van der Waals surface area (Å²) in [6.45, 7) is 0.473. The molecular weight excluding hydrogens is 250 g/mol. The number of aliphatic carboxylic acids is 1. The zero-order chi connectivity index (χ0) is 13.6. The summed E-state index contributed by atoms with van der Waals surface area (Å²) in [5.41, 5.74) is 5.36. The smallest absolute Gasteiger partial charge is 0.326 e. The molecule has 1 aromatic heterocycles. The summed E-state index contributed by atoms with van der Waals surface area (Å²) in [6.07, 6.45) is 2.89. The van der Waals surface area contributed by atoms with Gasteiger partial charge in [-0.05, 0) is 24.7 Å². The van der Waals surface area contributed by atoms with Crippen LogP contribution in [-0.4, -0.2) is 49.7 Å². The fraction of sp³-hybridized carbons (Fsp3) is 0.636. The summed E-state index contributed by atoms with van der Waals surface area (Å²) in [7, 11) is 0. The highest BCUT2D eigenvalue weighted by Crippen LogP contribution is 2.42. The number of nitrogens with two attached hydrogens (primary N) is 1. The maximum Gasteiger partial charge on any atom is 0.326 e. The third kappa shape index (κ3) is 1.83.